The summed E-state index contributed by atoms with van der Waals surface area (Å²) < 4.78 is 6.11. The van der Waals surface area contributed by atoms with Crippen molar-refractivity contribution >= 4 is 17.7 Å². The van der Waals surface area contributed by atoms with E-state index in [0.717, 1.165) is 95.5 Å². The van der Waals surface area contributed by atoms with E-state index >= 15 is 0 Å². The van der Waals surface area contributed by atoms with Crippen LogP contribution in [0.4, 0.5) is 5.82 Å². The van der Waals surface area contributed by atoms with Crippen molar-refractivity contribution in [1.82, 2.24) is 15.2 Å². The molecule has 8 nitrogen and oxygen atoms in total. The van der Waals surface area contributed by atoms with E-state index in [2.05, 4.69) is 27.7 Å². The van der Waals surface area contributed by atoms with Gasteiger partial charge >= 0.3 is 5.97 Å². The molecule has 8 heteroatoms. The lowest BCUT2D eigenvalue weighted by atomic mass is 9.83. The molecule has 3 fully saturated rings. The van der Waals surface area contributed by atoms with Gasteiger partial charge in [0.25, 0.3) is 0 Å². The molecule has 1 aromatic heterocycles. The van der Waals surface area contributed by atoms with Gasteiger partial charge in [0.15, 0.2) is 0 Å². The van der Waals surface area contributed by atoms with Crippen LogP contribution in [0, 0.1) is 11.3 Å². The van der Waals surface area contributed by atoms with Crippen LogP contribution in [0.3, 0.4) is 0 Å². The van der Waals surface area contributed by atoms with Gasteiger partial charge in [-0.2, -0.15) is 0 Å². The Labute approximate surface area is 208 Å². The normalized spacial score (nSPS) is 28.8. The smallest absolute Gasteiger partial charge is 0.326 e. The molecule has 2 saturated carbocycles. The van der Waals surface area contributed by atoms with Crippen LogP contribution in [0.1, 0.15) is 69.0 Å². The monoisotopic (exact) mass is 484 g/mol. The lowest BCUT2D eigenvalue weighted by Gasteiger charge is -2.33. The van der Waals surface area contributed by atoms with Crippen LogP contribution < -0.4 is 10.6 Å². The molecule has 2 bridgehead atoms. The summed E-state index contributed by atoms with van der Waals surface area (Å²) in [4.78, 5) is 31.9. The second kappa shape index (κ2) is 10.8. The summed E-state index contributed by atoms with van der Waals surface area (Å²) in [6.07, 6.45) is 10.6. The third-order valence-corrected chi connectivity index (χ3v) is 8.69. The second-order valence-corrected chi connectivity index (χ2v) is 11.1. The maximum Gasteiger partial charge on any atom is 0.326 e. The number of hydrogen-bond acceptors (Lipinski definition) is 6. The van der Waals surface area contributed by atoms with E-state index in [-0.39, 0.29) is 17.4 Å². The number of aromatic nitrogens is 1. The van der Waals surface area contributed by atoms with Crippen LogP contribution in [0.15, 0.2) is 12.1 Å². The maximum atomic E-state index is 12.9. The number of likely N-dealkylation sites (tertiary alicyclic amines) is 1. The second-order valence-electron chi connectivity index (χ2n) is 11.1. The number of nitrogens with zero attached hydrogens (tertiary/aromatic N) is 2. The molecule has 3 heterocycles. The van der Waals surface area contributed by atoms with Gasteiger partial charge < -0.3 is 25.4 Å². The summed E-state index contributed by atoms with van der Waals surface area (Å²) in [6, 6.07) is 3.49. The Morgan fingerprint density at radius 3 is 2.89 bits per heavy atom. The van der Waals surface area contributed by atoms with E-state index in [1.807, 2.05) is 0 Å². The lowest BCUT2D eigenvalue weighted by molar-refractivity contribution is -0.144. The van der Waals surface area contributed by atoms with Gasteiger partial charge in [-0.15, -0.1) is 0 Å². The molecule has 1 amide bonds. The maximum absolute atomic E-state index is 12.9. The Kier molecular flexibility index (Phi) is 7.58. The minimum atomic E-state index is -0.969. The first-order valence-electron chi connectivity index (χ1n) is 13.6. The molecule has 0 spiro atoms. The number of nitrogens with one attached hydrogen (secondary N) is 2. The molecule has 2 aliphatic carbocycles. The van der Waals surface area contributed by atoms with Crippen molar-refractivity contribution in [2.24, 2.45) is 11.3 Å². The largest absolute Gasteiger partial charge is 0.480 e. The number of amides is 1. The predicted molar refractivity (Wildman–Crippen MR) is 133 cm³/mol. The van der Waals surface area contributed by atoms with E-state index in [0.29, 0.717) is 18.9 Å². The molecule has 2 unspecified atom stereocenters. The van der Waals surface area contributed by atoms with E-state index in [4.69, 9.17) is 9.72 Å². The fourth-order valence-electron chi connectivity index (χ4n) is 6.57. The van der Waals surface area contributed by atoms with Crippen LogP contribution >= 0.6 is 0 Å². The zero-order chi connectivity index (χ0) is 24.3. The number of carbonyl (C=O) groups is 2. The molecule has 35 heavy (non-hydrogen) atoms. The highest BCUT2D eigenvalue weighted by atomic mass is 16.5. The van der Waals surface area contributed by atoms with Gasteiger partial charge in [-0.1, -0.05) is 6.07 Å². The van der Waals surface area contributed by atoms with Gasteiger partial charge in [-0.05, 0) is 81.9 Å². The van der Waals surface area contributed by atoms with Crippen LogP contribution in [-0.2, 0) is 27.2 Å². The zero-order valence-electron chi connectivity index (χ0n) is 20.8. The first-order chi connectivity index (χ1) is 17.0. The summed E-state index contributed by atoms with van der Waals surface area (Å²) in [5.74, 6) is 0.679. The average molecular weight is 485 g/mol. The number of carboxylic acids is 1. The van der Waals surface area contributed by atoms with E-state index in [9.17, 15) is 14.7 Å². The molecule has 2 aliphatic heterocycles. The van der Waals surface area contributed by atoms with E-state index in [1.165, 1.54) is 12.0 Å². The van der Waals surface area contributed by atoms with Gasteiger partial charge in [0, 0.05) is 50.2 Å². The number of hydrogen-bond donors (Lipinski definition) is 3. The first-order valence-corrected chi connectivity index (χ1v) is 13.6. The fourth-order valence-corrected chi connectivity index (χ4v) is 6.57. The number of piperidine rings is 1. The van der Waals surface area contributed by atoms with Gasteiger partial charge in [-0.25, -0.2) is 9.78 Å². The molecular formula is C27H40N4O4. The molecule has 0 radical (unpaired) electrons. The zero-order valence-corrected chi connectivity index (χ0v) is 20.8. The summed E-state index contributed by atoms with van der Waals surface area (Å²) in [5.41, 5.74) is 2.13. The molecule has 192 valence electrons. The number of fused-ring (bicyclic) bond motifs is 3. The topological polar surface area (TPSA) is 104 Å². The Balaban J connectivity index is 1.05. The molecule has 5 rings (SSSR count). The number of aliphatic carboxylic acids is 1. The Hall–Kier alpha value is -2.19. The van der Waals surface area contributed by atoms with Crippen molar-refractivity contribution in [2.75, 3.05) is 38.1 Å². The number of carbonyl (C=O) groups excluding carboxylic acids is 1. The number of pyridine rings is 1. The number of carboxylic acid groups (broad SMARTS) is 1. The molecule has 1 aromatic rings. The highest BCUT2D eigenvalue weighted by Crippen LogP contribution is 2.54. The Bertz CT molecular complexity index is 914. The highest BCUT2D eigenvalue weighted by Gasteiger charge is 2.50. The number of rotatable bonds is 10. The summed E-state index contributed by atoms with van der Waals surface area (Å²) >= 11 is 0. The molecule has 0 aromatic carbocycles. The van der Waals surface area contributed by atoms with Crippen molar-refractivity contribution < 1.29 is 19.4 Å². The molecule has 1 saturated heterocycles. The minimum Gasteiger partial charge on any atom is -0.480 e. The molecule has 3 N–H and O–H groups in total. The van der Waals surface area contributed by atoms with Gasteiger partial charge in [-0.3, -0.25) is 4.79 Å². The number of ether oxygens (including phenoxy) is 1. The molecule has 2 atom stereocenters. The summed E-state index contributed by atoms with van der Waals surface area (Å²) in [6.45, 7) is 4.21. The quantitative estimate of drug-likeness (QED) is 0.469. The third-order valence-electron chi connectivity index (χ3n) is 8.69. The van der Waals surface area contributed by atoms with Crippen LogP contribution in [0.2, 0.25) is 0 Å². The van der Waals surface area contributed by atoms with Crippen LogP contribution in [-0.4, -0.2) is 71.8 Å². The van der Waals surface area contributed by atoms with Gasteiger partial charge in [0.1, 0.15) is 11.9 Å². The lowest BCUT2D eigenvalue weighted by Crippen LogP contribution is -2.48. The average Bonchev–Trinajstić information content (AvgIpc) is 3.50. The summed E-state index contributed by atoms with van der Waals surface area (Å²) in [5, 5.41) is 15.9. The minimum absolute atomic E-state index is 0.0558. The summed E-state index contributed by atoms with van der Waals surface area (Å²) in [7, 11) is 0. The standard InChI is InChI=1S/C27H40N4O4/c32-25(33)23(30-26(34)27-11-7-19(17-27)8-12-27)10-16-35-22-4-2-14-31(18-22)15-9-21-6-5-20-3-1-13-28-24(20)29-21/h5-6,19,22-23H,1-4,7-18H2,(H,28,29)(H,30,34)(H,32,33). The molecule has 4 aliphatic rings. The van der Waals surface area contributed by atoms with E-state index in [1.54, 1.807) is 0 Å². The van der Waals surface area contributed by atoms with Crippen molar-refractivity contribution in [1.29, 1.82) is 0 Å². The SMILES string of the molecule is O=C(O)C(CCOC1CCCN(CCc2ccc3c(n2)NCCC3)C1)NC(=O)C12CCC(CC1)C2. The van der Waals surface area contributed by atoms with Crippen molar-refractivity contribution in [3.05, 3.63) is 23.4 Å². The Morgan fingerprint density at radius 2 is 2.11 bits per heavy atom. The Morgan fingerprint density at radius 1 is 1.26 bits per heavy atom. The van der Waals surface area contributed by atoms with Crippen molar-refractivity contribution in [2.45, 2.75) is 82.8 Å². The third kappa shape index (κ3) is 5.80. The van der Waals surface area contributed by atoms with E-state index < -0.39 is 12.0 Å². The fraction of sp³-hybridized carbons (Fsp3) is 0.741. The predicted octanol–water partition coefficient (Wildman–Crippen LogP) is 3.00. The number of aryl methyl sites for hydroxylation is 1. The highest BCUT2D eigenvalue weighted by molar-refractivity contribution is 5.88. The van der Waals surface area contributed by atoms with Crippen molar-refractivity contribution in [3.63, 3.8) is 0 Å². The van der Waals surface area contributed by atoms with Gasteiger partial charge in [0.05, 0.1) is 6.10 Å². The van der Waals surface area contributed by atoms with Crippen LogP contribution in [0.25, 0.3) is 0 Å². The number of anilines is 1. The molecular weight excluding hydrogens is 444 g/mol. The first kappa shape index (κ1) is 24.5. The van der Waals surface area contributed by atoms with Crippen molar-refractivity contribution in [3.8, 4) is 0 Å². The van der Waals surface area contributed by atoms with Gasteiger partial charge in [0.2, 0.25) is 5.91 Å². The van der Waals surface area contributed by atoms with Crippen LogP contribution in [0.5, 0.6) is 0 Å².